The highest BCUT2D eigenvalue weighted by atomic mass is 35.5. The number of aryl methyl sites for hydroxylation is 1. The van der Waals surface area contributed by atoms with Crippen LogP contribution in [0.5, 0.6) is 0 Å². The number of benzene rings is 2. The number of pyridine rings is 1. The SMILES string of the molecule is CN(C(=O)c1ccccc1Cl)C1CCc2ccc(C(=O)N3CCC4(CCN(Cc5ccncc5)CC4)CC3)cc21. The van der Waals surface area contributed by atoms with Crippen LogP contribution in [0.4, 0.5) is 0 Å². The summed E-state index contributed by atoms with van der Waals surface area (Å²) in [5, 5.41) is 0.462. The molecule has 2 fully saturated rings. The minimum Gasteiger partial charge on any atom is -0.339 e. The van der Waals surface area contributed by atoms with E-state index in [4.69, 9.17) is 11.6 Å². The summed E-state index contributed by atoms with van der Waals surface area (Å²) < 4.78 is 0. The number of piperidine rings is 2. The Labute approximate surface area is 241 Å². The van der Waals surface area contributed by atoms with Crippen molar-refractivity contribution < 1.29 is 9.59 Å². The third kappa shape index (κ3) is 5.39. The van der Waals surface area contributed by atoms with Gasteiger partial charge in [-0.15, -0.1) is 0 Å². The zero-order valence-electron chi connectivity index (χ0n) is 23.2. The van der Waals surface area contributed by atoms with Gasteiger partial charge < -0.3 is 9.80 Å². The van der Waals surface area contributed by atoms with Crippen LogP contribution in [-0.4, -0.2) is 64.7 Å². The molecule has 40 heavy (non-hydrogen) atoms. The highest BCUT2D eigenvalue weighted by Gasteiger charge is 2.39. The minimum absolute atomic E-state index is 0.0616. The average Bonchev–Trinajstić information content (AvgIpc) is 3.42. The zero-order chi connectivity index (χ0) is 27.7. The summed E-state index contributed by atoms with van der Waals surface area (Å²) in [6, 6.07) is 17.4. The fourth-order valence-electron chi connectivity index (χ4n) is 6.88. The van der Waals surface area contributed by atoms with Crippen molar-refractivity contribution in [2.75, 3.05) is 33.2 Å². The molecule has 6 nitrogen and oxygen atoms in total. The molecule has 0 N–H and O–H groups in total. The van der Waals surface area contributed by atoms with Gasteiger partial charge in [-0.1, -0.05) is 29.8 Å². The minimum atomic E-state index is -0.0895. The molecule has 0 radical (unpaired) electrons. The summed E-state index contributed by atoms with van der Waals surface area (Å²) >= 11 is 6.31. The molecule has 6 rings (SSSR count). The van der Waals surface area contributed by atoms with Gasteiger partial charge in [0.05, 0.1) is 16.6 Å². The third-order valence-electron chi connectivity index (χ3n) is 9.51. The van der Waals surface area contributed by atoms with E-state index in [0.717, 1.165) is 69.5 Å². The molecule has 1 aromatic heterocycles. The molecule has 7 heteroatoms. The first-order valence-electron chi connectivity index (χ1n) is 14.5. The van der Waals surface area contributed by atoms with Gasteiger partial charge in [0.25, 0.3) is 11.8 Å². The summed E-state index contributed by atoms with van der Waals surface area (Å²) in [7, 11) is 1.84. The van der Waals surface area contributed by atoms with Crippen LogP contribution in [0.3, 0.4) is 0 Å². The molecule has 1 spiro atoms. The number of halogens is 1. The van der Waals surface area contributed by atoms with Gasteiger partial charge in [0.15, 0.2) is 0 Å². The normalized spacial score (nSPS) is 20.4. The van der Waals surface area contributed by atoms with E-state index in [1.165, 1.54) is 24.0 Å². The number of carbonyl (C=O) groups excluding carboxylic acids is 2. The van der Waals surface area contributed by atoms with Gasteiger partial charge in [0, 0.05) is 44.6 Å². The number of rotatable bonds is 5. The topological polar surface area (TPSA) is 56.8 Å². The van der Waals surface area contributed by atoms with Crippen molar-refractivity contribution >= 4 is 23.4 Å². The zero-order valence-corrected chi connectivity index (χ0v) is 23.9. The Bertz CT molecular complexity index is 1380. The predicted octanol–water partition coefficient (Wildman–Crippen LogP) is 6.01. The molecule has 2 saturated heterocycles. The number of carbonyl (C=O) groups is 2. The summed E-state index contributed by atoms with van der Waals surface area (Å²) in [6.45, 7) is 4.84. The maximum absolute atomic E-state index is 13.6. The number of fused-ring (bicyclic) bond motifs is 1. The number of likely N-dealkylation sites (tertiary alicyclic amines) is 2. The second kappa shape index (κ2) is 11.3. The fourth-order valence-corrected chi connectivity index (χ4v) is 7.10. The Hall–Kier alpha value is -3.22. The van der Waals surface area contributed by atoms with Gasteiger partial charge in [0.1, 0.15) is 0 Å². The molecule has 1 aliphatic carbocycles. The van der Waals surface area contributed by atoms with Crippen molar-refractivity contribution in [3.63, 3.8) is 0 Å². The molecular weight excluding hydrogens is 520 g/mol. The van der Waals surface area contributed by atoms with Gasteiger partial charge in [0.2, 0.25) is 0 Å². The summed E-state index contributed by atoms with van der Waals surface area (Å²) in [4.78, 5) is 37.4. The van der Waals surface area contributed by atoms with Crippen molar-refractivity contribution in [1.29, 1.82) is 0 Å². The van der Waals surface area contributed by atoms with Crippen molar-refractivity contribution in [3.8, 4) is 0 Å². The Morgan fingerprint density at radius 1 is 0.975 bits per heavy atom. The van der Waals surface area contributed by atoms with E-state index in [2.05, 4.69) is 28.1 Å². The Morgan fingerprint density at radius 2 is 1.68 bits per heavy atom. The first kappa shape index (κ1) is 27.0. The molecule has 2 amide bonds. The Balaban J connectivity index is 1.08. The monoisotopic (exact) mass is 556 g/mol. The van der Waals surface area contributed by atoms with E-state index in [1.807, 2.05) is 48.6 Å². The van der Waals surface area contributed by atoms with E-state index in [1.54, 1.807) is 17.0 Å². The number of aromatic nitrogens is 1. The van der Waals surface area contributed by atoms with E-state index >= 15 is 0 Å². The number of hydrogen-bond acceptors (Lipinski definition) is 4. The molecule has 208 valence electrons. The van der Waals surface area contributed by atoms with Gasteiger partial charge in [-0.2, -0.15) is 0 Å². The lowest BCUT2D eigenvalue weighted by Gasteiger charge is -2.47. The molecule has 1 atom stereocenters. The van der Waals surface area contributed by atoms with Crippen molar-refractivity contribution in [3.05, 3.63) is 99.8 Å². The Kier molecular flexibility index (Phi) is 7.65. The molecule has 0 saturated carbocycles. The number of nitrogens with zero attached hydrogens (tertiary/aromatic N) is 4. The molecule has 1 unspecified atom stereocenters. The van der Waals surface area contributed by atoms with Crippen molar-refractivity contribution in [1.82, 2.24) is 19.7 Å². The summed E-state index contributed by atoms with van der Waals surface area (Å²) in [5.41, 5.74) is 5.23. The number of hydrogen-bond donors (Lipinski definition) is 0. The van der Waals surface area contributed by atoms with Crippen LogP contribution in [0, 0.1) is 5.41 Å². The van der Waals surface area contributed by atoms with Crippen LogP contribution >= 0.6 is 11.6 Å². The van der Waals surface area contributed by atoms with Gasteiger partial charge in [-0.05, 0) is 110 Å². The summed E-state index contributed by atoms with van der Waals surface area (Å²) in [5.74, 6) is 0.0202. The lowest BCUT2D eigenvalue weighted by molar-refractivity contribution is 0.0285. The third-order valence-corrected chi connectivity index (χ3v) is 9.84. The second-order valence-electron chi connectivity index (χ2n) is 11.8. The standard InChI is InChI=1S/C33H37ClN4O2/c1-36(32(40)27-4-2-3-5-29(27)34)30-9-8-25-6-7-26(22-28(25)30)31(39)38-20-14-33(15-21-38)12-18-37(19-13-33)23-24-10-16-35-17-11-24/h2-7,10-11,16-17,22,30H,8-9,12-15,18-21,23H2,1H3. The van der Waals surface area contributed by atoms with Crippen LogP contribution in [0.25, 0.3) is 0 Å². The molecule has 0 bridgehead atoms. The quantitative estimate of drug-likeness (QED) is 0.386. The van der Waals surface area contributed by atoms with E-state index < -0.39 is 0 Å². The van der Waals surface area contributed by atoms with Gasteiger partial charge in [-0.25, -0.2) is 0 Å². The number of amides is 2. The van der Waals surface area contributed by atoms with Crippen molar-refractivity contribution in [2.45, 2.75) is 51.1 Å². The molecule has 2 aliphatic heterocycles. The van der Waals surface area contributed by atoms with Gasteiger partial charge >= 0.3 is 0 Å². The smallest absolute Gasteiger partial charge is 0.255 e. The van der Waals surface area contributed by atoms with Crippen LogP contribution in [0.15, 0.2) is 67.0 Å². The molecule has 3 heterocycles. The highest BCUT2D eigenvalue weighted by Crippen LogP contribution is 2.42. The first-order valence-corrected chi connectivity index (χ1v) is 14.9. The lowest BCUT2D eigenvalue weighted by Crippen LogP contribution is -2.48. The molecule has 3 aromatic rings. The maximum atomic E-state index is 13.6. The average molecular weight is 557 g/mol. The van der Waals surface area contributed by atoms with E-state index in [9.17, 15) is 9.59 Å². The molecule has 3 aliphatic rings. The van der Waals surface area contributed by atoms with Crippen molar-refractivity contribution in [2.24, 2.45) is 5.41 Å². The van der Waals surface area contributed by atoms with Crippen LogP contribution in [-0.2, 0) is 13.0 Å². The Morgan fingerprint density at radius 3 is 2.40 bits per heavy atom. The lowest BCUT2D eigenvalue weighted by atomic mass is 9.71. The predicted molar refractivity (Wildman–Crippen MR) is 157 cm³/mol. The fraction of sp³-hybridized carbons (Fsp3) is 0.424. The van der Waals surface area contributed by atoms with E-state index in [-0.39, 0.29) is 17.9 Å². The van der Waals surface area contributed by atoms with Crippen LogP contribution < -0.4 is 0 Å². The highest BCUT2D eigenvalue weighted by molar-refractivity contribution is 6.33. The first-order chi connectivity index (χ1) is 19.4. The van der Waals surface area contributed by atoms with Gasteiger partial charge in [-0.3, -0.25) is 19.5 Å². The van der Waals surface area contributed by atoms with Crippen LogP contribution in [0.1, 0.15) is 75.6 Å². The molecule has 2 aromatic carbocycles. The second-order valence-corrected chi connectivity index (χ2v) is 12.2. The van der Waals surface area contributed by atoms with Crippen LogP contribution in [0.2, 0.25) is 5.02 Å². The largest absolute Gasteiger partial charge is 0.339 e. The molecular formula is C33H37ClN4O2. The summed E-state index contributed by atoms with van der Waals surface area (Å²) in [6.07, 6.45) is 10.0. The van der Waals surface area contributed by atoms with E-state index in [0.29, 0.717) is 16.0 Å². The maximum Gasteiger partial charge on any atom is 0.255 e.